The molecule has 0 aliphatic rings. The molecule has 0 fully saturated rings. The number of nitrogens with one attached hydrogen (secondary N) is 1. The Hall–Kier alpha value is -1.19. The third kappa shape index (κ3) is 4.44. The van der Waals surface area contributed by atoms with Gasteiger partial charge in [0.25, 0.3) is 0 Å². The zero-order chi connectivity index (χ0) is 13.5. The number of hydrogen-bond donors (Lipinski definition) is 1. The summed E-state index contributed by atoms with van der Waals surface area (Å²) in [6, 6.07) is 12.2. The predicted molar refractivity (Wildman–Crippen MR) is 84.9 cm³/mol. The highest BCUT2D eigenvalue weighted by molar-refractivity contribution is 7.97. The van der Waals surface area contributed by atoms with E-state index in [9.17, 15) is 0 Å². The van der Waals surface area contributed by atoms with Crippen LogP contribution in [0.5, 0.6) is 0 Å². The van der Waals surface area contributed by atoms with E-state index in [4.69, 9.17) is 11.6 Å². The van der Waals surface area contributed by atoms with E-state index in [1.54, 1.807) is 0 Å². The lowest BCUT2D eigenvalue weighted by atomic mass is 10.2. The van der Waals surface area contributed by atoms with E-state index >= 15 is 0 Å². The summed E-state index contributed by atoms with van der Waals surface area (Å²) in [6.45, 7) is 2.96. The van der Waals surface area contributed by atoms with Crippen LogP contribution in [-0.2, 0) is 11.5 Å². The Bertz CT molecular complexity index is 531. The average molecular weight is 293 g/mol. The molecule has 0 spiro atoms. The van der Waals surface area contributed by atoms with Gasteiger partial charge in [0.1, 0.15) is 5.82 Å². The Labute approximate surface area is 123 Å². The smallest absolute Gasteiger partial charge is 0.126 e. The fraction of sp³-hybridized carbons (Fsp3) is 0.267. The lowest BCUT2D eigenvalue weighted by Gasteiger charge is -2.06. The normalized spacial score (nSPS) is 10.4. The van der Waals surface area contributed by atoms with Crippen LogP contribution in [0.4, 0.5) is 5.82 Å². The SMILES string of the molecule is CCNc1cc(CSCc2ccccc2Cl)ccn1. The Morgan fingerprint density at radius 3 is 2.84 bits per heavy atom. The van der Waals surface area contributed by atoms with Crippen molar-refractivity contribution in [2.75, 3.05) is 11.9 Å². The molecule has 100 valence electrons. The molecule has 0 aliphatic heterocycles. The quantitative estimate of drug-likeness (QED) is 0.842. The van der Waals surface area contributed by atoms with E-state index in [2.05, 4.69) is 35.4 Å². The van der Waals surface area contributed by atoms with Crippen LogP contribution in [0.25, 0.3) is 0 Å². The van der Waals surface area contributed by atoms with E-state index in [1.165, 1.54) is 11.1 Å². The molecule has 19 heavy (non-hydrogen) atoms. The van der Waals surface area contributed by atoms with Gasteiger partial charge in [0.15, 0.2) is 0 Å². The topological polar surface area (TPSA) is 24.9 Å². The molecular formula is C15H17ClN2S. The number of thioether (sulfide) groups is 1. The Balaban J connectivity index is 1.89. The van der Waals surface area contributed by atoms with Gasteiger partial charge in [-0.15, -0.1) is 0 Å². The zero-order valence-electron chi connectivity index (χ0n) is 10.9. The summed E-state index contributed by atoms with van der Waals surface area (Å²) in [7, 11) is 0. The number of nitrogens with zero attached hydrogens (tertiary/aromatic N) is 1. The van der Waals surface area contributed by atoms with Crippen LogP contribution in [0.1, 0.15) is 18.1 Å². The molecule has 0 atom stereocenters. The number of halogens is 1. The lowest BCUT2D eigenvalue weighted by Crippen LogP contribution is -1.99. The van der Waals surface area contributed by atoms with Crippen molar-refractivity contribution in [3.63, 3.8) is 0 Å². The van der Waals surface area contributed by atoms with Crippen LogP contribution >= 0.6 is 23.4 Å². The number of hydrogen-bond acceptors (Lipinski definition) is 3. The molecule has 0 radical (unpaired) electrons. The molecule has 2 rings (SSSR count). The van der Waals surface area contributed by atoms with Crippen molar-refractivity contribution < 1.29 is 0 Å². The number of rotatable bonds is 6. The molecule has 0 amide bonds. The molecule has 1 heterocycles. The van der Waals surface area contributed by atoms with E-state index in [0.29, 0.717) is 0 Å². The van der Waals surface area contributed by atoms with Crippen LogP contribution in [0.3, 0.4) is 0 Å². The Morgan fingerprint density at radius 1 is 1.21 bits per heavy atom. The molecule has 1 aromatic heterocycles. The van der Waals surface area contributed by atoms with Crippen molar-refractivity contribution in [2.45, 2.75) is 18.4 Å². The molecule has 0 unspecified atom stereocenters. The minimum Gasteiger partial charge on any atom is -0.370 e. The van der Waals surface area contributed by atoms with Crippen LogP contribution in [0.15, 0.2) is 42.6 Å². The number of anilines is 1. The lowest BCUT2D eigenvalue weighted by molar-refractivity contribution is 1.15. The minimum absolute atomic E-state index is 0.845. The first-order chi connectivity index (χ1) is 9.29. The van der Waals surface area contributed by atoms with Crippen molar-refractivity contribution in [3.05, 3.63) is 58.7 Å². The second kappa shape index (κ2) is 7.41. The first-order valence-corrected chi connectivity index (χ1v) is 7.83. The van der Waals surface area contributed by atoms with Crippen molar-refractivity contribution in [1.29, 1.82) is 0 Å². The van der Waals surface area contributed by atoms with Gasteiger partial charge in [-0.2, -0.15) is 11.8 Å². The molecule has 0 aliphatic carbocycles. The summed E-state index contributed by atoms with van der Waals surface area (Å²) in [4.78, 5) is 4.27. The van der Waals surface area contributed by atoms with Crippen molar-refractivity contribution in [3.8, 4) is 0 Å². The highest BCUT2D eigenvalue weighted by Gasteiger charge is 2.01. The molecule has 2 aromatic rings. The molecule has 0 bridgehead atoms. The molecule has 1 N–H and O–H groups in total. The van der Waals surface area contributed by atoms with E-state index in [0.717, 1.165) is 28.9 Å². The summed E-state index contributed by atoms with van der Waals surface area (Å²) >= 11 is 8.00. The highest BCUT2D eigenvalue weighted by atomic mass is 35.5. The van der Waals surface area contributed by atoms with Gasteiger partial charge >= 0.3 is 0 Å². The number of benzene rings is 1. The number of aromatic nitrogens is 1. The van der Waals surface area contributed by atoms with Gasteiger partial charge in [-0.3, -0.25) is 0 Å². The standard InChI is InChI=1S/C15H17ClN2S/c1-2-17-15-9-12(7-8-18-15)10-19-11-13-5-3-4-6-14(13)16/h3-9H,2,10-11H2,1H3,(H,17,18). The first kappa shape index (κ1) is 14.2. The van der Waals surface area contributed by atoms with Crippen molar-refractivity contribution >= 4 is 29.2 Å². The first-order valence-electron chi connectivity index (χ1n) is 6.29. The van der Waals surface area contributed by atoms with Crippen LogP contribution in [0, 0.1) is 0 Å². The van der Waals surface area contributed by atoms with Gasteiger partial charge in [0.05, 0.1) is 0 Å². The maximum Gasteiger partial charge on any atom is 0.126 e. The van der Waals surface area contributed by atoms with E-state index in [-0.39, 0.29) is 0 Å². The molecule has 1 aromatic carbocycles. The second-order valence-electron chi connectivity index (χ2n) is 4.16. The summed E-state index contributed by atoms with van der Waals surface area (Å²) in [6.07, 6.45) is 1.85. The fourth-order valence-corrected chi connectivity index (χ4v) is 3.01. The maximum absolute atomic E-state index is 6.14. The van der Waals surface area contributed by atoms with Gasteiger partial charge in [-0.1, -0.05) is 29.8 Å². The molecule has 2 nitrogen and oxygen atoms in total. The second-order valence-corrected chi connectivity index (χ2v) is 5.56. The molecule has 4 heteroatoms. The van der Waals surface area contributed by atoms with Crippen molar-refractivity contribution in [1.82, 2.24) is 4.98 Å². The van der Waals surface area contributed by atoms with Crippen LogP contribution in [0.2, 0.25) is 5.02 Å². The third-order valence-electron chi connectivity index (χ3n) is 2.67. The zero-order valence-corrected chi connectivity index (χ0v) is 12.5. The summed E-state index contributed by atoms with van der Waals surface area (Å²) in [5.74, 6) is 2.84. The van der Waals surface area contributed by atoms with E-state index in [1.807, 2.05) is 36.2 Å². The molecule has 0 saturated carbocycles. The predicted octanol–water partition coefficient (Wildman–Crippen LogP) is 4.60. The average Bonchev–Trinajstić information content (AvgIpc) is 2.42. The monoisotopic (exact) mass is 292 g/mol. The third-order valence-corrected chi connectivity index (χ3v) is 4.09. The fourth-order valence-electron chi connectivity index (χ4n) is 1.74. The highest BCUT2D eigenvalue weighted by Crippen LogP contribution is 2.23. The largest absolute Gasteiger partial charge is 0.370 e. The van der Waals surface area contributed by atoms with Gasteiger partial charge in [0.2, 0.25) is 0 Å². The minimum atomic E-state index is 0.845. The van der Waals surface area contributed by atoms with E-state index < -0.39 is 0 Å². The van der Waals surface area contributed by atoms with Crippen LogP contribution in [-0.4, -0.2) is 11.5 Å². The number of pyridine rings is 1. The summed E-state index contributed by atoms with van der Waals surface area (Å²) in [5.41, 5.74) is 2.47. The summed E-state index contributed by atoms with van der Waals surface area (Å²) in [5, 5.41) is 4.07. The van der Waals surface area contributed by atoms with Crippen molar-refractivity contribution in [2.24, 2.45) is 0 Å². The Morgan fingerprint density at radius 2 is 2.05 bits per heavy atom. The van der Waals surface area contributed by atoms with Gasteiger partial charge in [0, 0.05) is 29.3 Å². The maximum atomic E-state index is 6.14. The molecule has 0 saturated heterocycles. The van der Waals surface area contributed by atoms with Crippen LogP contribution < -0.4 is 5.32 Å². The van der Waals surface area contributed by atoms with Gasteiger partial charge in [-0.05, 0) is 36.2 Å². The summed E-state index contributed by atoms with van der Waals surface area (Å²) < 4.78 is 0. The van der Waals surface area contributed by atoms with Gasteiger partial charge in [-0.25, -0.2) is 4.98 Å². The van der Waals surface area contributed by atoms with Gasteiger partial charge < -0.3 is 5.32 Å². The molecular weight excluding hydrogens is 276 g/mol. The Kier molecular flexibility index (Phi) is 5.55.